The van der Waals surface area contributed by atoms with Crippen LogP contribution in [0.3, 0.4) is 0 Å². The maximum Gasteiger partial charge on any atom is 0.408 e. The summed E-state index contributed by atoms with van der Waals surface area (Å²) < 4.78 is 11.8. The fraction of sp³-hybridized carbons (Fsp3) is 0.609. The molecule has 7 N–H and O–H groups in total. The van der Waals surface area contributed by atoms with Gasteiger partial charge in [-0.1, -0.05) is 13.8 Å². The van der Waals surface area contributed by atoms with Crippen LogP contribution in [0.25, 0.3) is 11.0 Å². The number of nitrogens with zero attached hydrogens (tertiary/aromatic N) is 4. The van der Waals surface area contributed by atoms with Crippen molar-refractivity contribution in [2.24, 2.45) is 5.92 Å². The molecule has 37 heavy (non-hydrogen) atoms. The third kappa shape index (κ3) is 7.49. The molecule has 0 radical (unpaired) electrons. The van der Waals surface area contributed by atoms with Crippen LogP contribution >= 0.6 is 0 Å². The molecule has 1 aliphatic rings. The molecule has 14 nitrogen and oxygen atoms in total. The van der Waals surface area contributed by atoms with Gasteiger partial charge in [0.15, 0.2) is 6.23 Å². The minimum Gasteiger partial charge on any atom is -0.480 e. The van der Waals surface area contributed by atoms with E-state index >= 15 is 0 Å². The first kappa shape index (κ1) is 29.7. The van der Waals surface area contributed by atoms with Crippen molar-refractivity contribution in [1.82, 2.24) is 19.9 Å². The molecule has 0 saturated carbocycles. The second-order valence-electron chi connectivity index (χ2n) is 9.91. The predicted molar refractivity (Wildman–Crippen MR) is 130 cm³/mol. The first-order valence-electron chi connectivity index (χ1n) is 11.6. The molecule has 2 aromatic rings. The minimum atomic E-state index is -1.26. The molecule has 1 fully saturated rings. The standard InChI is InChI=1S/C12H13N5O4.C11H21NO4/c13-1-5-2-17(11-7(5)10(14)15-4-16-11)12-9(20)8(19)6(3-18)21-12;1-7(2)6-8(9(13)14)12-10(15)16-11(3,4)5/h2,4,6,8-9,12,18-20H,3H2,(H2,14,15,16);7-8H,6H2,1-5H3,(H,12,15)(H,13,14)/t6-,8-,9-,12-;8-/m10/s1. The molecular formula is C23H34N6O8. The Balaban J connectivity index is 0.000000273. The summed E-state index contributed by atoms with van der Waals surface area (Å²) >= 11 is 0. The van der Waals surface area contributed by atoms with Crippen molar-refractivity contribution in [2.45, 2.75) is 77.2 Å². The van der Waals surface area contributed by atoms with E-state index in [0.29, 0.717) is 17.5 Å². The largest absolute Gasteiger partial charge is 0.480 e. The highest BCUT2D eigenvalue weighted by atomic mass is 16.6. The van der Waals surface area contributed by atoms with Gasteiger partial charge in [-0.3, -0.25) is 0 Å². The van der Waals surface area contributed by atoms with Crippen molar-refractivity contribution in [1.29, 1.82) is 5.26 Å². The number of rotatable bonds is 6. The number of carboxylic acids is 1. The number of hydrogen-bond donors (Lipinski definition) is 6. The Hall–Kier alpha value is -3.51. The van der Waals surface area contributed by atoms with Crippen LogP contribution in [0.1, 0.15) is 52.8 Å². The van der Waals surface area contributed by atoms with Gasteiger partial charge in [0.25, 0.3) is 0 Å². The van der Waals surface area contributed by atoms with Crippen molar-refractivity contribution < 1.29 is 39.5 Å². The number of aliphatic hydroxyl groups is 3. The third-order valence-corrected chi connectivity index (χ3v) is 5.25. The number of alkyl carbamates (subject to hydrolysis) is 1. The van der Waals surface area contributed by atoms with Crippen LogP contribution in [-0.4, -0.2) is 83.6 Å². The highest BCUT2D eigenvalue weighted by Gasteiger charge is 2.44. The SMILES string of the molecule is CC(C)C[C@H](NC(=O)OC(C)(C)C)C(=O)O.N#Cc1cn([C@@H]2O[C@H](CO)[C@@H](O)[C@H]2O)c2ncnc(N)c12. The molecule has 14 heteroatoms. The first-order chi connectivity index (χ1) is 17.2. The maximum absolute atomic E-state index is 11.4. The molecule has 3 heterocycles. The van der Waals surface area contributed by atoms with Crippen molar-refractivity contribution in [3.8, 4) is 6.07 Å². The maximum atomic E-state index is 11.4. The molecule has 0 aliphatic carbocycles. The molecule has 2 aromatic heterocycles. The molecular weight excluding hydrogens is 488 g/mol. The number of nitrogens with two attached hydrogens (primary N) is 1. The number of carbonyl (C=O) groups excluding carboxylic acids is 1. The van der Waals surface area contributed by atoms with Gasteiger partial charge >= 0.3 is 12.1 Å². The second-order valence-corrected chi connectivity index (χ2v) is 9.91. The van der Waals surface area contributed by atoms with Crippen LogP contribution in [-0.2, 0) is 14.3 Å². The van der Waals surface area contributed by atoms with Crippen LogP contribution in [0.5, 0.6) is 0 Å². The summed E-state index contributed by atoms with van der Waals surface area (Å²) in [7, 11) is 0. The number of carboxylic acid groups (broad SMARTS) is 1. The van der Waals surface area contributed by atoms with Crippen LogP contribution in [0, 0.1) is 17.2 Å². The Morgan fingerprint density at radius 3 is 2.43 bits per heavy atom. The summed E-state index contributed by atoms with van der Waals surface area (Å²) in [6.45, 7) is 8.54. The number of fused-ring (bicyclic) bond motifs is 1. The van der Waals surface area contributed by atoms with Crippen LogP contribution < -0.4 is 11.1 Å². The second kappa shape index (κ2) is 12.2. The van der Waals surface area contributed by atoms with Gasteiger partial charge in [-0.05, 0) is 33.1 Å². The summed E-state index contributed by atoms with van der Waals surface area (Å²) in [6, 6.07) is 1.08. The Kier molecular flexibility index (Phi) is 9.76. The smallest absolute Gasteiger partial charge is 0.408 e. The number of hydrogen-bond acceptors (Lipinski definition) is 11. The van der Waals surface area contributed by atoms with E-state index in [4.69, 9.17) is 30.7 Å². The van der Waals surface area contributed by atoms with Gasteiger partial charge in [0, 0.05) is 6.20 Å². The number of aliphatic carboxylic acids is 1. The molecule has 1 saturated heterocycles. The molecule has 0 aromatic carbocycles. The fourth-order valence-electron chi connectivity index (χ4n) is 3.64. The van der Waals surface area contributed by atoms with Gasteiger partial charge in [0.2, 0.25) is 0 Å². The van der Waals surface area contributed by atoms with E-state index in [1.165, 1.54) is 17.1 Å². The molecule has 204 valence electrons. The van der Waals surface area contributed by atoms with E-state index in [2.05, 4.69) is 15.3 Å². The average molecular weight is 523 g/mol. The third-order valence-electron chi connectivity index (χ3n) is 5.25. The molecule has 0 bridgehead atoms. The minimum absolute atomic E-state index is 0.141. The molecule has 1 aliphatic heterocycles. The number of carbonyl (C=O) groups is 2. The quantitative estimate of drug-likeness (QED) is 0.305. The van der Waals surface area contributed by atoms with Gasteiger partial charge in [0.05, 0.1) is 17.6 Å². The topological polar surface area (TPSA) is 226 Å². The van der Waals surface area contributed by atoms with Crippen molar-refractivity contribution in [3.63, 3.8) is 0 Å². The van der Waals surface area contributed by atoms with E-state index in [0.717, 1.165) is 0 Å². The zero-order valence-corrected chi connectivity index (χ0v) is 21.3. The van der Waals surface area contributed by atoms with E-state index in [1.54, 1.807) is 20.8 Å². The highest BCUT2D eigenvalue weighted by molar-refractivity contribution is 5.92. The molecule has 0 unspecified atom stereocenters. The summed E-state index contributed by atoms with van der Waals surface area (Å²) in [5.41, 5.74) is 5.68. The van der Waals surface area contributed by atoms with Gasteiger partial charge in [-0.2, -0.15) is 5.26 Å². The summed E-state index contributed by atoms with van der Waals surface area (Å²) in [5.74, 6) is -0.711. The summed E-state index contributed by atoms with van der Waals surface area (Å²) in [4.78, 5) is 30.1. The lowest BCUT2D eigenvalue weighted by Gasteiger charge is -2.22. The highest BCUT2D eigenvalue weighted by Crippen LogP contribution is 2.34. The number of aromatic nitrogens is 3. The van der Waals surface area contributed by atoms with E-state index in [9.17, 15) is 19.8 Å². The zero-order valence-electron chi connectivity index (χ0n) is 21.3. The predicted octanol–water partition coefficient (Wildman–Crippen LogP) is 0.507. The van der Waals surface area contributed by atoms with Crippen molar-refractivity contribution in [2.75, 3.05) is 12.3 Å². The Morgan fingerprint density at radius 2 is 1.95 bits per heavy atom. The van der Waals surface area contributed by atoms with Crippen LogP contribution in [0.2, 0.25) is 0 Å². The fourth-order valence-corrected chi connectivity index (χ4v) is 3.64. The number of amides is 1. The Morgan fingerprint density at radius 1 is 1.30 bits per heavy atom. The number of nitriles is 1. The molecule has 5 atom stereocenters. The summed E-state index contributed by atoms with van der Waals surface area (Å²) in [5, 5.41) is 49.8. The molecule has 1 amide bonds. The Bertz CT molecular complexity index is 1140. The van der Waals surface area contributed by atoms with Gasteiger partial charge in [-0.15, -0.1) is 0 Å². The van der Waals surface area contributed by atoms with Crippen molar-refractivity contribution >= 4 is 28.9 Å². The normalized spacial score (nSPS) is 22.2. The van der Waals surface area contributed by atoms with Gasteiger partial charge in [-0.25, -0.2) is 19.6 Å². The van der Waals surface area contributed by atoms with E-state index in [1.807, 2.05) is 19.9 Å². The lowest BCUT2D eigenvalue weighted by molar-refractivity contribution is -0.139. The number of anilines is 1. The molecule has 0 spiro atoms. The lowest BCUT2D eigenvalue weighted by Crippen LogP contribution is -2.44. The van der Waals surface area contributed by atoms with Crippen LogP contribution in [0.4, 0.5) is 10.6 Å². The number of aliphatic hydroxyl groups excluding tert-OH is 3. The summed E-state index contributed by atoms with van der Waals surface area (Å²) in [6.07, 6.45) is -2.03. The average Bonchev–Trinajstić information content (AvgIpc) is 3.30. The number of ether oxygens (including phenoxy) is 2. The monoisotopic (exact) mass is 522 g/mol. The number of nitrogen functional groups attached to an aromatic ring is 1. The van der Waals surface area contributed by atoms with E-state index in [-0.39, 0.29) is 17.3 Å². The Labute approximate surface area is 213 Å². The number of nitrogens with one attached hydrogen (secondary N) is 1. The lowest BCUT2D eigenvalue weighted by atomic mass is 10.0. The first-order valence-corrected chi connectivity index (χ1v) is 11.6. The zero-order chi connectivity index (χ0) is 28.1. The van der Waals surface area contributed by atoms with E-state index < -0.39 is 54.9 Å². The van der Waals surface area contributed by atoms with Crippen molar-refractivity contribution in [3.05, 3.63) is 18.1 Å². The van der Waals surface area contributed by atoms with Gasteiger partial charge < -0.3 is 45.5 Å². The molecule has 3 rings (SSSR count). The van der Waals surface area contributed by atoms with Crippen LogP contribution in [0.15, 0.2) is 12.5 Å². The van der Waals surface area contributed by atoms with Gasteiger partial charge in [0.1, 0.15) is 53.8 Å².